The van der Waals surface area contributed by atoms with E-state index in [0.29, 0.717) is 28.8 Å². The van der Waals surface area contributed by atoms with E-state index in [1.54, 1.807) is 56.3 Å². The summed E-state index contributed by atoms with van der Waals surface area (Å²) in [4.78, 5) is 24.3. The Hall–Kier alpha value is -3.28. The molecule has 27 heavy (non-hydrogen) atoms. The van der Waals surface area contributed by atoms with Crippen LogP contribution in [0.15, 0.2) is 42.5 Å². The van der Waals surface area contributed by atoms with Gasteiger partial charge < -0.3 is 19.1 Å². The maximum Gasteiger partial charge on any atom is 0.340 e. The molecule has 0 aliphatic heterocycles. The molecule has 0 unspecified atom stereocenters. The summed E-state index contributed by atoms with van der Waals surface area (Å²) < 4.78 is 12.1. The third-order valence-electron chi connectivity index (χ3n) is 4.30. The lowest BCUT2D eigenvalue weighted by Gasteiger charge is -2.10. The Morgan fingerprint density at radius 3 is 2.22 bits per heavy atom. The average molecular weight is 367 g/mol. The number of carbonyl (C=O) groups excluding carboxylic acids is 2. The zero-order valence-corrected chi connectivity index (χ0v) is 15.5. The highest BCUT2D eigenvalue weighted by atomic mass is 16.5. The molecule has 0 saturated heterocycles. The molecule has 0 atom stereocenters. The quantitative estimate of drug-likeness (QED) is 0.690. The Kier molecular flexibility index (Phi) is 5.16. The predicted molar refractivity (Wildman–Crippen MR) is 102 cm³/mol. The first kappa shape index (κ1) is 18.5. The first-order valence-electron chi connectivity index (χ1n) is 8.76. The van der Waals surface area contributed by atoms with Gasteiger partial charge in [-0.1, -0.05) is 0 Å². The molecule has 1 N–H and O–H groups in total. The van der Waals surface area contributed by atoms with E-state index in [1.807, 2.05) is 11.5 Å². The van der Waals surface area contributed by atoms with Crippen LogP contribution < -0.4 is 0 Å². The molecule has 140 valence electrons. The smallest absolute Gasteiger partial charge is 0.340 e. The monoisotopic (exact) mass is 367 g/mol. The van der Waals surface area contributed by atoms with E-state index in [4.69, 9.17) is 9.47 Å². The summed E-state index contributed by atoms with van der Waals surface area (Å²) in [5, 5.41) is 10.5. The molecule has 0 bridgehead atoms. The van der Waals surface area contributed by atoms with Crippen molar-refractivity contribution in [1.82, 2.24) is 4.57 Å². The van der Waals surface area contributed by atoms with Gasteiger partial charge in [0, 0.05) is 16.8 Å². The number of hydrogen-bond donors (Lipinski definition) is 1. The maximum absolute atomic E-state index is 12.5. The van der Waals surface area contributed by atoms with Gasteiger partial charge >= 0.3 is 11.9 Å². The van der Waals surface area contributed by atoms with Crippen LogP contribution >= 0.6 is 0 Å². The van der Waals surface area contributed by atoms with Crippen LogP contribution in [0, 0.1) is 6.92 Å². The molecule has 3 aromatic rings. The topological polar surface area (TPSA) is 77.8 Å². The van der Waals surface area contributed by atoms with Crippen LogP contribution in [-0.4, -0.2) is 34.8 Å². The van der Waals surface area contributed by atoms with Crippen molar-refractivity contribution in [2.24, 2.45) is 0 Å². The molecular formula is C21H21NO5. The van der Waals surface area contributed by atoms with Crippen molar-refractivity contribution < 1.29 is 24.2 Å². The molecule has 0 fully saturated rings. The lowest BCUT2D eigenvalue weighted by molar-refractivity contribution is 0.0517. The van der Waals surface area contributed by atoms with Gasteiger partial charge in [-0.25, -0.2) is 9.59 Å². The van der Waals surface area contributed by atoms with Crippen molar-refractivity contribution in [3.8, 4) is 11.4 Å². The van der Waals surface area contributed by atoms with Crippen molar-refractivity contribution in [2.45, 2.75) is 20.8 Å². The standard InChI is InChI=1S/C21H21NO5/c1-4-26-20(24)14-6-8-15(9-7-14)22-13(3)19(21(25)27-5-2)17-12-16(23)10-11-18(17)22/h6-12,23H,4-5H2,1-3H3. The number of aromatic hydroxyl groups is 1. The SMILES string of the molecule is CCOC(=O)c1ccc(-n2c(C)c(C(=O)OCC)c3cc(O)ccc32)cc1. The average Bonchev–Trinajstić information content (AvgIpc) is 2.93. The highest BCUT2D eigenvalue weighted by molar-refractivity contribution is 6.07. The predicted octanol–water partition coefficient (Wildman–Crippen LogP) is 4.00. The molecule has 0 aliphatic carbocycles. The summed E-state index contributed by atoms with van der Waals surface area (Å²) in [6.45, 7) is 5.90. The molecule has 0 saturated carbocycles. The van der Waals surface area contributed by atoms with Crippen LogP contribution in [0.1, 0.15) is 40.3 Å². The number of phenolic OH excluding ortho intramolecular Hbond substituents is 1. The van der Waals surface area contributed by atoms with Crippen LogP contribution in [-0.2, 0) is 9.47 Å². The second-order valence-electron chi connectivity index (χ2n) is 5.99. The van der Waals surface area contributed by atoms with E-state index >= 15 is 0 Å². The minimum atomic E-state index is -0.438. The number of hydrogen-bond acceptors (Lipinski definition) is 5. The lowest BCUT2D eigenvalue weighted by atomic mass is 10.1. The molecule has 0 radical (unpaired) electrons. The summed E-state index contributed by atoms with van der Waals surface area (Å²) in [5.74, 6) is -0.745. The van der Waals surface area contributed by atoms with E-state index in [2.05, 4.69) is 0 Å². The summed E-state index contributed by atoms with van der Waals surface area (Å²) in [6, 6.07) is 11.8. The van der Waals surface area contributed by atoms with Crippen molar-refractivity contribution >= 4 is 22.8 Å². The molecular weight excluding hydrogens is 346 g/mol. The first-order valence-corrected chi connectivity index (χ1v) is 8.76. The Morgan fingerprint density at radius 2 is 1.59 bits per heavy atom. The fourth-order valence-electron chi connectivity index (χ4n) is 3.16. The first-order chi connectivity index (χ1) is 13.0. The van der Waals surface area contributed by atoms with E-state index in [-0.39, 0.29) is 18.3 Å². The normalized spacial score (nSPS) is 10.8. The van der Waals surface area contributed by atoms with Crippen molar-refractivity contribution in [3.63, 3.8) is 0 Å². The fourth-order valence-corrected chi connectivity index (χ4v) is 3.16. The Bertz CT molecular complexity index is 1000. The molecule has 0 aliphatic rings. The zero-order valence-electron chi connectivity index (χ0n) is 15.5. The van der Waals surface area contributed by atoms with Gasteiger partial charge in [-0.3, -0.25) is 0 Å². The Morgan fingerprint density at radius 1 is 0.963 bits per heavy atom. The maximum atomic E-state index is 12.5. The number of fused-ring (bicyclic) bond motifs is 1. The van der Waals surface area contributed by atoms with Crippen molar-refractivity contribution in [1.29, 1.82) is 0 Å². The van der Waals surface area contributed by atoms with E-state index in [0.717, 1.165) is 11.2 Å². The lowest BCUT2D eigenvalue weighted by Crippen LogP contribution is -2.07. The third kappa shape index (κ3) is 3.38. The second kappa shape index (κ2) is 7.53. The fraction of sp³-hybridized carbons (Fsp3) is 0.238. The number of rotatable bonds is 5. The third-order valence-corrected chi connectivity index (χ3v) is 4.30. The zero-order chi connectivity index (χ0) is 19.6. The second-order valence-corrected chi connectivity index (χ2v) is 5.99. The largest absolute Gasteiger partial charge is 0.508 e. The number of nitrogens with zero attached hydrogens (tertiary/aromatic N) is 1. The van der Waals surface area contributed by atoms with E-state index < -0.39 is 5.97 Å². The highest BCUT2D eigenvalue weighted by Gasteiger charge is 2.22. The van der Waals surface area contributed by atoms with Crippen molar-refractivity contribution in [2.75, 3.05) is 13.2 Å². The van der Waals surface area contributed by atoms with Crippen molar-refractivity contribution in [3.05, 3.63) is 59.3 Å². The van der Waals surface area contributed by atoms with E-state index in [9.17, 15) is 14.7 Å². The van der Waals surface area contributed by atoms with Gasteiger partial charge in [0.2, 0.25) is 0 Å². The van der Waals surface area contributed by atoms with Gasteiger partial charge in [0.05, 0.1) is 29.9 Å². The number of benzene rings is 2. The van der Waals surface area contributed by atoms with Gasteiger partial charge in [-0.05, 0) is 63.2 Å². The molecule has 0 amide bonds. The molecule has 6 heteroatoms. The summed E-state index contributed by atoms with van der Waals surface area (Å²) in [5.41, 5.74) is 3.11. The molecule has 0 spiro atoms. The molecule has 3 rings (SSSR count). The number of carbonyl (C=O) groups is 2. The molecule has 2 aromatic carbocycles. The van der Waals surface area contributed by atoms with Crippen LogP contribution in [0.4, 0.5) is 0 Å². The minimum absolute atomic E-state index is 0.0721. The van der Waals surface area contributed by atoms with Crippen LogP contribution in [0.3, 0.4) is 0 Å². The van der Waals surface area contributed by atoms with Gasteiger partial charge in [0.25, 0.3) is 0 Å². The molecule has 6 nitrogen and oxygen atoms in total. The Balaban J connectivity index is 2.16. The Labute approximate surface area is 156 Å². The van der Waals surface area contributed by atoms with Gasteiger partial charge in [-0.15, -0.1) is 0 Å². The van der Waals surface area contributed by atoms with Crippen LogP contribution in [0.5, 0.6) is 5.75 Å². The number of phenols is 1. The summed E-state index contributed by atoms with van der Waals surface area (Å²) in [7, 11) is 0. The van der Waals surface area contributed by atoms with E-state index in [1.165, 1.54) is 0 Å². The number of esters is 2. The summed E-state index contributed by atoms with van der Waals surface area (Å²) >= 11 is 0. The molecule has 1 heterocycles. The minimum Gasteiger partial charge on any atom is -0.508 e. The summed E-state index contributed by atoms with van der Waals surface area (Å²) in [6.07, 6.45) is 0. The number of ether oxygens (including phenoxy) is 2. The van der Waals surface area contributed by atoms with Gasteiger partial charge in [-0.2, -0.15) is 0 Å². The van der Waals surface area contributed by atoms with Crippen LogP contribution in [0.2, 0.25) is 0 Å². The van der Waals surface area contributed by atoms with Gasteiger partial charge in [0.15, 0.2) is 0 Å². The van der Waals surface area contributed by atoms with Gasteiger partial charge in [0.1, 0.15) is 5.75 Å². The highest BCUT2D eigenvalue weighted by Crippen LogP contribution is 2.32. The number of aromatic nitrogens is 1. The molecule has 1 aromatic heterocycles. The van der Waals surface area contributed by atoms with Crippen LogP contribution in [0.25, 0.3) is 16.6 Å².